The Morgan fingerprint density at radius 3 is 1.30 bits per heavy atom. The van der Waals surface area contributed by atoms with Crippen LogP contribution in [-0.4, -0.2) is 147 Å². The highest BCUT2D eigenvalue weighted by atomic mass is 32.2. The first-order valence-corrected chi connectivity index (χ1v) is 45.7. The molecule has 0 spiro atoms. The van der Waals surface area contributed by atoms with Crippen molar-refractivity contribution in [3.05, 3.63) is 371 Å². The van der Waals surface area contributed by atoms with E-state index in [1.165, 1.54) is 11.8 Å². The minimum atomic E-state index is -1.65. The number of aliphatic carboxylic acids is 1. The molecule has 2 saturated heterocycles. The maximum Gasteiger partial charge on any atom is 0.327 e. The van der Waals surface area contributed by atoms with Gasteiger partial charge < -0.3 is 51.5 Å². The highest BCUT2D eigenvalue weighted by Gasteiger charge is 2.48. The topological polar surface area (TPSA) is 245 Å². The number of ether oxygens (including phenoxy) is 1. The maximum atomic E-state index is 16.2. The number of carbonyl (C=O) groups excluding carboxylic acids is 7. The highest BCUT2D eigenvalue weighted by molar-refractivity contribution is 8.01. The lowest BCUT2D eigenvalue weighted by molar-refractivity contribution is -0.148. The monoisotopic (exact) mass is 1710 g/mol. The Bertz CT molecular complexity index is 5080. The van der Waals surface area contributed by atoms with Crippen LogP contribution in [0.4, 0.5) is 0 Å². The summed E-state index contributed by atoms with van der Waals surface area (Å²) < 4.78 is 4.86. The van der Waals surface area contributed by atoms with Gasteiger partial charge in [-0.15, -0.1) is 23.5 Å². The first-order chi connectivity index (χ1) is 60.7. The van der Waals surface area contributed by atoms with Gasteiger partial charge in [0.25, 0.3) is 0 Å². The van der Waals surface area contributed by atoms with E-state index in [0.29, 0.717) is 43.7 Å². The van der Waals surface area contributed by atoms with Gasteiger partial charge in [0.05, 0.1) is 27.2 Å². The summed E-state index contributed by atoms with van der Waals surface area (Å²) in [5.41, 5.74) is 6.39. The molecule has 2 fully saturated rings. The molecule has 0 aliphatic carbocycles. The lowest BCUT2D eigenvalue weighted by atomic mass is 9.77. The number of carboxylic acid groups (broad SMARTS) is 1. The molecule has 2 heterocycles. The number of carboxylic acids is 1. The van der Waals surface area contributed by atoms with Crippen LogP contribution in [0.5, 0.6) is 0 Å². The van der Waals surface area contributed by atoms with E-state index in [9.17, 15) is 9.90 Å². The van der Waals surface area contributed by atoms with Crippen LogP contribution < -0.4 is 31.9 Å². The number of amides is 7. The fraction of sp³-hybridized carbons (Fsp3) is 0.314. The first-order valence-electron chi connectivity index (χ1n) is 43.7. The fourth-order valence-electron chi connectivity index (χ4n) is 17.7. The highest BCUT2D eigenvalue weighted by Crippen LogP contribution is 2.51. The average Bonchev–Trinajstić information content (AvgIpc) is 1.63. The van der Waals surface area contributed by atoms with E-state index in [1.54, 1.807) is 49.3 Å². The van der Waals surface area contributed by atoms with Gasteiger partial charge in [-0.2, -0.15) is 0 Å². The van der Waals surface area contributed by atoms with Gasteiger partial charge in [-0.3, -0.25) is 33.6 Å². The van der Waals surface area contributed by atoms with Crippen LogP contribution in [0.2, 0.25) is 0 Å². The zero-order chi connectivity index (χ0) is 87.8. The Morgan fingerprint density at radius 1 is 0.440 bits per heavy atom. The molecular weight excluding hydrogens is 1600 g/mol. The fourth-order valence-corrected chi connectivity index (χ4v) is 20.9. The molecule has 125 heavy (non-hydrogen) atoms. The second-order valence-corrected chi connectivity index (χ2v) is 35.8. The predicted octanol–water partition coefficient (Wildman–Crippen LogP) is 16.5. The van der Waals surface area contributed by atoms with Crippen molar-refractivity contribution in [2.45, 2.75) is 174 Å². The lowest BCUT2D eigenvalue weighted by Crippen LogP contribution is -2.62. The van der Waals surface area contributed by atoms with Crippen LogP contribution in [0.15, 0.2) is 315 Å². The van der Waals surface area contributed by atoms with E-state index in [4.69, 9.17) is 4.74 Å². The van der Waals surface area contributed by atoms with E-state index >= 15 is 33.6 Å². The second-order valence-electron chi connectivity index (χ2n) is 33.3. The molecular formula is C105H114N8O10S2. The van der Waals surface area contributed by atoms with E-state index in [2.05, 4.69) is 75.2 Å². The van der Waals surface area contributed by atoms with Gasteiger partial charge in [-0.05, 0) is 139 Å². The van der Waals surface area contributed by atoms with Crippen LogP contribution >= 0.6 is 23.5 Å². The number of fused-ring (bicyclic) bond motifs is 1. The number of unbranched alkanes of at least 4 members (excludes halogenated alkanes) is 3. The molecule has 7 amide bonds. The number of rotatable bonds is 40. The lowest BCUT2D eigenvalue weighted by Gasteiger charge is -2.38. The number of nitrogens with zero attached hydrogens (tertiary/aromatic N) is 2. The Morgan fingerprint density at radius 2 is 0.840 bits per heavy atom. The average molecular weight is 1710 g/mol. The zero-order valence-corrected chi connectivity index (χ0v) is 73.4. The predicted molar refractivity (Wildman–Crippen MR) is 499 cm³/mol. The van der Waals surface area contributed by atoms with Crippen LogP contribution in [0, 0.1) is 0 Å². The largest absolute Gasteiger partial charge is 0.480 e. The van der Waals surface area contributed by atoms with Crippen molar-refractivity contribution < 1.29 is 48.2 Å². The number of thioether (sulfide) groups is 2. The Kier molecular flexibility index (Phi) is 31.3. The number of hydrogen-bond donors (Lipinski definition) is 7. The third-order valence-electron chi connectivity index (χ3n) is 23.8. The number of hydrogen-bond acceptors (Lipinski definition) is 12. The Hall–Kier alpha value is -11.9. The van der Waals surface area contributed by atoms with E-state index in [-0.39, 0.29) is 43.4 Å². The summed E-state index contributed by atoms with van der Waals surface area (Å²) in [7, 11) is 0. The third-order valence-corrected chi connectivity index (χ3v) is 27.1. The molecule has 7 N–H and O–H groups in total. The number of nitrogens with one attached hydrogen (secondary N) is 6. The molecule has 0 radical (unpaired) electrons. The summed E-state index contributed by atoms with van der Waals surface area (Å²) in [6.45, 7) is 10.3. The summed E-state index contributed by atoms with van der Waals surface area (Å²) in [6, 6.07) is 93.1. The molecule has 646 valence electrons. The number of carbonyl (C=O) groups is 8. The molecule has 0 bridgehead atoms. The van der Waals surface area contributed by atoms with Crippen LogP contribution in [-0.2, 0) is 64.5 Å². The van der Waals surface area contributed by atoms with Gasteiger partial charge in [0.1, 0.15) is 41.8 Å². The van der Waals surface area contributed by atoms with Crippen molar-refractivity contribution in [3.63, 3.8) is 0 Å². The molecule has 13 rings (SSSR count). The quantitative estimate of drug-likeness (QED) is 0.0140. The van der Waals surface area contributed by atoms with Crippen molar-refractivity contribution in [2.75, 3.05) is 31.1 Å². The van der Waals surface area contributed by atoms with E-state index in [1.807, 2.05) is 279 Å². The molecule has 0 unspecified atom stereocenters. The van der Waals surface area contributed by atoms with Crippen LogP contribution in [0.25, 0.3) is 10.8 Å². The minimum absolute atomic E-state index is 0.161. The summed E-state index contributed by atoms with van der Waals surface area (Å²) in [4.78, 5) is 128. The van der Waals surface area contributed by atoms with Crippen molar-refractivity contribution in [3.8, 4) is 0 Å². The van der Waals surface area contributed by atoms with E-state index in [0.717, 1.165) is 86.5 Å². The van der Waals surface area contributed by atoms with Gasteiger partial charge in [0.15, 0.2) is 0 Å². The summed E-state index contributed by atoms with van der Waals surface area (Å²) in [5.74, 6) is -5.55. The molecule has 0 saturated carbocycles. The van der Waals surface area contributed by atoms with Gasteiger partial charge in [0.2, 0.25) is 41.4 Å². The summed E-state index contributed by atoms with van der Waals surface area (Å²) in [6.07, 6.45) is 3.46. The molecule has 11 aromatic carbocycles. The van der Waals surface area contributed by atoms with Crippen molar-refractivity contribution in [1.29, 1.82) is 0 Å². The minimum Gasteiger partial charge on any atom is -0.480 e. The Labute approximate surface area is 743 Å². The van der Waals surface area contributed by atoms with Crippen LogP contribution in [0.1, 0.15) is 154 Å². The smallest absolute Gasteiger partial charge is 0.327 e. The molecule has 8 atom stereocenters. The normalized spacial score (nSPS) is 15.7. The van der Waals surface area contributed by atoms with Gasteiger partial charge in [-0.1, -0.05) is 342 Å². The third kappa shape index (κ3) is 21.9. The van der Waals surface area contributed by atoms with Crippen LogP contribution in [0.3, 0.4) is 0 Å². The summed E-state index contributed by atoms with van der Waals surface area (Å²) in [5, 5.41) is 31.9. The van der Waals surface area contributed by atoms with Crippen molar-refractivity contribution in [2.24, 2.45) is 0 Å². The molecule has 20 heteroatoms. The van der Waals surface area contributed by atoms with Crippen molar-refractivity contribution >= 4 is 81.6 Å². The SMILES string of the molecule is CCCCCCN[C@@H](CSC(c1ccccc1)(c1ccccc1)c1ccccc1)C(=O)N1CCC[C@H]1C(=O)N1CCC[C@H]1C(=O)N[C@H](C(=O)N[C@@H](CCC(=O)NC(c1ccccc1)(c1ccccc1)c1ccccc1)C(=O)N[C@@H](Cc1cccc2ccccc12)C(=O)N[C@@H](CSC(c1ccccc1)(c1ccccc1)c1ccccc1)C(=O)O)[C@@H](C)OC(C)(C)C. The van der Waals surface area contributed by atoms with Crippen molar-refractivity contribution in [1.82, 2.24) is 41.7 Å². The number of benzene rings is 11. The zero-order valence-electron chi connectivity index (χ0n) is 71.8. The Balaban J connectivity index is 0.811. The summed E-state index contributed by atoms with van der Waals surface area (Å²) >= 11 is 3.03. The standard InChI is InChI=1S/C105H114N8O10S2/c1-6-7-8-38-68-106-89(72-124-104(80-51-24-12-25-52-80,81-53-26-13-27-54-81)82-55-28-14-29-56-82)99(119)113-70-41-65-92(113)100(120)112-69-40-64-91(112)97(117)110-94(74(2)123-102(3,4)5)98(118)107-87(66-67-93(114)111-103(77-45-18-9-19-46-77,78-47-20-10-21-48-78)79-49-22-11-23-50-79)95(115)108-88(71-76-44-39-43-75-42-36-37-63-86(75)76)96(116)109-90(101(121)122)73-125-105(83-57-30-15-31-58-83,84-59-32-16-33-60-84)85-61-34-17-35-62-85/h9-37,39,42-63,74,87-92,94,106H,6-8,38,40-41,64-73H2,1-5H3,(H,107,118)(H,108,115)(H,109,116)(H,110,117)(H,111,114)(H,121,122)/t74-,87+,88+,89+,90+,91+,92+,94+/m1/s1. The first kappa shape index (κ1) is 90.8. The molecule has 11 aromatic rings. The van der Waals surface area contributed by atoms with Gasteiger partial charge >= 0.3 is 5.97 Å². The molecule has 2 aliphatic heterocycles. The van der Waals surface area contributed by atoms with E-state index < -0.39 is 111 Å². The molecule has 0 aromatic heterocycles. The second kappa shape index (κ2) is 43.1. The van der Waals surface area contributed by atoms with Gasteiger partial charge in [0, 0.05) is 37.4 Å². The maximum absolute atomic E-state index is 16.2. The van der Waals surface area contributed by atoms with Gasteiger partial charge in [-0.25, -0.2) is 4.79 Å². The number of likely N-dealkylation sites (tertiary alicyclic amines) is 2. The molecule has 18 nitrogen and oxygen atoms in total. The molecule has 2 aliphatic rings.